The minimum atomic E-state index is 0.135. The van der Waals surface area contributed by atoms with Crippen molar-refractivity contribution in [1.82, 2.24) is 15.6 Å². The summed E-state index contributed by atoms with van der Waals surface area (Å²) in [5.74, 6) is 2.16. The number of hydrogen-bond acceptors (Lipinski definition) is 5. The number of amides is 1. The number of anilines is 1. The van der Waals surface area contributed by atoms with Gasteiger partial charge in [-0.1, -0.05) is 13.0 Å². The van der Waals surface area contributed by atoms with Gasteiger partial charge in [-0.15, -0.1) is 0 Å². The first-order chi connectivity index (χ1) is 12.2. The van der Waals surface area contributed by atoms with E-state index in [2.05, 4.69) is 27.4 Å². The minimum Gasteiger partial charge on any atom is -0.378 e. The second-order valence-corrected chi connectivity index (χ2v) is 7.19. The SMILES string of the molecule is CC(CC(=O)NCc1ccc(N2CCOCC2)nc1)C1CCCNC1. The van der Waals surface area contributed by atoms with E-state index < -0.39 is 0 Å². The number of nitrogens with zero attached hydrogens (tertiary/aromatic N) is 2. The second kappa shape index (κ2) is 9.15. The third-order valence-corrected chi connectivity index (χ3v) is 5.28. The molecule has 2 fully saturated rings. The lowest BCUT2D eigenvalue weighted by Crippen LogP contribution is -2.36. The predicted molar refractivity (Wildman–Crippen MR) is 98.5 cm³/mol. The maximum Gasteiger partial charge on any atom is 0.220 e. The molecule has 2 saturated heterocycles. The van der Waals surface area contributed by atoms with E-state index in [4.69, 9.17) is 4.74 Å². The van der Waals surface area contributed by atoms with Crippen molar-refractivity contribution in [2.24, 2.45) is 11.8 Å². The Morgan fingerprint density at radius 1 is 1.44 bits per heavy atom. The summed E-state index contributed by atoms with van der Waals surface area (Å²) < 4.78 is 5.36. The quantitative estimate of drug-likeness (QED) is 0.818. The third-order valence-electron chi connectivity index (χ3n) is 5.28. The van der Waals surface area contributed by atoms with Crippen LogP contribution >= 0.6 is 0 Å². The van der Waals surface area contributed by atoms with E-state index in [1.807, 2.05) is 18.3 Å². The van der Waals surface area contributed by atoms with Crippen LogP contribution in [0.3, 0.4) is 0 Å². The number of ether oxygens (including phenoxy) is 1. The molecule has 138 valence electrons. The summed E-state index contributed by atoms with van der Waals surface area (Å²) >= 11 is 0. The first-order valence-corrected chi connectivity index (χ1v) is 9.47. The molecule has 0 aliphatic carbocycles. The summed E-state index contributed by atoms with van der Waals surface area (Å²) in [7, 11) is 0. The van der Waals surface area contributed by atoms with Crippen LogP contribution in [0.2, 0.25) is 0 Å². The minimum absolute atomic E-state index is 0.135. The first kappa shape index (κ1) is 18.1. The molecule has 2 N–H and O–H groups in total. The number of nitrogens with one attached hydrogen (secondary N) is 2. The molecule has 0 aromatic carbocycles. The van der Waals surface area contributed by atoms with Gasteiger partial charge in [0.25, 0.3) is 0 Å². The molecule has 1 aromatic heterocycles. The van der Waals surface area contributed by atoms with Gasteiger partial charge in [-0.05, 0) is 49.4 Å². The molecule has 3 heterocycles. The van der Waals surface area contributed by atoms with Crippen LogP contribution in [0.1, 0.15) is 31.7 Å². The molecule has 1 aromatic rings. The monoisotopic (exact) mass is 346 g/mol. The van der Waals surface area contributed by atoms with Crippen molar-refractivity contribution in [2.75, 3.05) is 44.3 Å². The molecule has 2 aliphatic rings. The van der Waals surface area contributed by atoms with E-state index in [1.165, 1.54) is 12.8 Å². The van der Waals surface area contributed by atoms with Crippen molar-refractivity contribution < 1.29 is 9.53 Å². The van der Waals surface area contributed by atoms with Crippen LogP contribution in [-0.2, 0) is 16.1 Å². The highest BCUT2D eigenvalue weighted by Crippen LogP contribution is 2.22. The van der Waals surface area contributed by atoms with Gasteiger partial charge in [0, 0.05) is 32.3 Å². The molecule has 6 heteroatoms. The molecule has 0 spiro atoms. The summed E-state index contributed by atoms with van der Waals surface area (Å²) in [6.07, 6.45) is 4.91. The van der Waals surface area contributed by atoms with Crippen LogP contribution in [0.5, 0.6) is 0 Å². The number of morpholine rings is 1. The lowest BCUT2D eigenvalue weighted by molar-refractivity contribution is -0.122. The van der Waals surface area contributed by atoms with Crippen LogP contribution in [0.15, 0.2) is 18.3 Å². The molecule has 0 bridgehead atoms. The van der Waals surface area contributed by atoms with Gasteiger partial charge in [0.05, 0.1) is 13.2 Å². The summed E-state index contributed by atoms with van der Waals surface area (Å²) in [6, 6.07) is 4.08. The van der Waals surface area contributed by atoms with Crippen LogP contribution in [0.4, 0.5) is 5.82 Å². The number of piperidine rings is 1. The zero-order valence-corrected chi connectivity index (χ0v) is 15.2. The van der Waals surface area contributed by atoms with Crippen molar-refractivity contribution in [3.05, 3.63) is 23.9 Å². The number of pyridine rings is 1. The van der Waals surface area contributed by atoms with Crippen LogP contribution in [-0.4, -0.2) is 50.3 Å². The number of aromatic nitrogens is 1. The van der Waals surface area contributed by atoms with E-state index >= 15 is 0 Å². The molecule has 2 aliphatic heterocycles. The number of carbonyl (C=O) groups is 1. The Bertz CT molecular complexity index is 537. The molecular formula is C19H30N4O2. The standard InChI is InChI=1S/C19H30N4O2/c1-15(17-3-2-6-20-14-17)11-19(24)22-13-16-4-5-18(21-12-16)23-7-9-25-10-8-23/h4-5,12,15,17,20H,2-3,6-11,13-14H2,1H3,(H,22,24). The normalized spacial score (nSPS) is 22.4. The Balaban J connectivity index is 1.42. The fourth-order valence-electron chi connectivity index (χ4n) is 3.60. The maximum absolute atomic E-state index is 12.2. The summed E-state index contributed by atoms with van der Waals surface area (Å²) in [4.78, 5) is 19.0. The van der Waals surface area contributed by atoms with Gasteiger partial charge in [0.2, 0.25) is 5.91 Å². The Morgan fingerprint density at radius 2 is 2.28 bits per heavy atom. The van der Waals surface area contributed by atoms with Gasteiger partial charge in [-0.3, -0.25) is 4.79 Å². The molecule has 6 nitrogen and oxygen atoms in total. The maximum atomic E-state index is 12.2. The fraction of sp³-hybridized carbons (Fsp3) is 0.684. The number of hydrogen-bond donors (Lipinski definition) is 2. The van der Waals surface area contributed by atoms with Crippen LogP contribution in [0.25, 0.3) is 0 Å². The highest BCUT2D eigenvalue weighted by atomic mass is 16.5. The van der Waals surface area contributed by atoms with E-state index in [1.54, 1.807) is 0 Å². The Labute approximate surface area is 150 Å². The number of rotatable bonds is 6. The van der Waals surface area contributed by atoms with E-state index in [0.717, 1.165) is 50.8 Å². The van der Waals surface area contributed by atoms with Gasteiger partial charge >= 0.3 is 0 Å². The van der Waals surface area contributed by atoms with Crippen molar-refractivity contribution in [3.63, 3.8) is 0 Å². The lowest BCUT2D eigenvalue weighted by atomic mass is 9.85. The van der Waals surface area contributed by atoms with Gasteiger partial charge in [0.1, 0.15) is 5.82 Å². The molecular weight excluding hydrogens is 316 g/mol. The molecule has 0 saturated carbocycles. The second-order valence-electron chi connectivity index (χ2n) is 7.19. The molecule has 2 atom stereocenters. The smallest absolute Gasteiger partial charge is 0.220 e. The summed E-state index contributed by atoms with van der Waals surface area (Å²) in [6.45, 7) is 8.18. The number of carbonyl (C=O) groups excluding carboxylic acids is 1. The average molecular weight is 346 g/mol. The fourth-order valence-corrected chi connectivity index (χ4v) is 3.60. The molecule has 0 radical (unpaired) electrons. The topological polar surface area (TPSA) is 66.5 Å². The summed E-state index contributed by atoms with van der Waals surface area (Å²) in [5, 5.41) is 6.46. The van der Waals surface area contributed by atoms with Crippen molar-refractivity contribution in [1.29, 1.82) is 0 Å². The predicted octanol–water partition coefficient (Wildman–Crippen LogP) is 1.56. The highest BCUT2D eigenvalue weighted by Gasteiger charge is 2.21. The zero-order chi connectivity index (χ0) is 17.5. The van der Waals surface area contributed by atoms with Crippen molar-refractivity contribution >= 4 is 11.7 Å². The van der Waals surface area contributed by atoms with Gasteiger partial charge in [-0.25, -0.2) is 4.98 Å². The largest absolute Gasteiger partial charge is 0.378 e. The van der Waals surface area contributed by atoms with Gasteiger partial charge < -0.3 is 20.3 Å². The van der Waals surface area contributed by atoms with Gasteiger partial charge in [0.15, 0.2) is 0 Å². The Hall–Kier alpha value is -1.66. The molecule has 25 heavy (non-hydrogen) atoms. The molecule has 2 unspecified atom stereocenters. The summed E-state index contributed by atoms with van der Waals surface area (Å²) in [5.41, 5.74) is 1.04. The average Bonchev–Trinajstić information content (AvgIpc) is 2.68. The first-order valence-electron chi connectivity index (χ1n) is 9.47. The van der Waals surface area contributed by atoms with Crippen molar-refractivity contribution in [2.45, 2.75) is 32.7 Å². The van der Waals surface area contributed by atoms with Gasteiger partial charge in [-0.2, -0.15) is 0 Å². The van der Waals surface area contributed by atoms with Crippen LogP contribution in [0, 0.1) is 11.8 Å². The third kappa shape index (κ3) is 5.41. The van der Waals surface area contributed by atoms with E-state index in [9.17, 15) is 4.79 Å². The zero-order valence-electron chi connectivity index (χ0n) is 15.2. The molecule has 3 rings (SSSR count). The van der Waals surface area contributed by atoms with Crippen molar-refractivity contribution in [3.8, 4) is 0 Å². The lowest BCUT2D eigenvalue weighted by Gasteiger charge is -2.28. The molecule has 1 amide bonds. The van der Waals surface area contributed by atoms with E-state index in [0.29, 0.717) is 24.8 Å². The highest BCUT2D eigenvalue weighted by molar-refractivity contribution is 5.76. The van der Waals surface area contributed by atoms with Crippen LogP contribution < -0.4 is 15.5 Å². The Morgan fingerprint density at radius 3 is 2.96 bits per heavy atom. The Kier molecular flexibility index (Phi) is 6.64. The van der Waals surface area contributed by atoms with E-state index in [-0.39, 0.29) is 5.91 Å².